The van der Waals surface area contributed by atoms with Crippen LogP contribution in [0.2, 0.25) is 0 Å². The molecule has 41 heavy (non-hydrogen) atoms. The third kappa shape index (κ3) is 6.57. The molecule has 1 N–H and O–H groups in total. The summed E-state index contributed by atoms with van der Waals surface area (Å²) in [5, 5.41) is 14.1. The molecule has 3 aromatic rings. The van der Waals surface area contributed by atoms with E-state index >= 15 is 0 Å². The molecule has 0 fully saturated rings. The lowest BCUT2D eigenvalue weighted by Gasteiger charge is -2.22. The number of rotatable bonds is 8. The Kier molecular flexibility index (Phi) is 9.07. The predicted molar refractivity (Wildman–Crippen MR) is 158 cm³/mol. The Morgan fingerprint density at radius 2 is 2.07 bits per heavy atom. The van der Waals surface area contributed by atoms with Gasteiger partial charge in [-0.15, -0.1) is 0 Å². The Labute approximate surface area is 237 Å². The van der Waals surface area contributed by atoms with Gasteiger partial charge in [-0.25, -0.2) is 13.8 Å². The third-order valence-electron chi connectivity index (χ3n) is 7.13. The fourth-order valence-electron chi connectivity index (χ4n) is 4.97. The summed E-state index contributed by atoms with van der Waals surface area (Å²) in [5.41, 5.74) is 3.12. The Morgan fingerprint density at radius 3 is 2.80 bits per heavy atom. The topological polar surface area (TPSA) is 103 Å². The number of nitriles is 1. The number of aromatic nitrogens is 1. The van der Waals surface area contributed by atoms with Gasteiger partial charge in [0.05, 0.1) is 17.8 Å². The molecule has 1 aromatic heterocycles. The third-order valence-corrected chi connectivity index (χ3v) is 7.13. The summed E-state index contributed by atoms with van der Waals surface area (Å²) >= 11 is 0. The minimum Gasteiger partial charge on any atom is -0.377 e. The number of hydrogen-bond donors (Lipinski definition) is 1. The summed E-state index contributed by atoms with van der Waals surface area (Å²) in [4.78, 5) is 36.2. The first-order valence-corrected chi connectivity index (χ1v) is 13.3. The highest BCUT2D eigenvalue weighted by Crippen LogP contribution is 2.31. The fourth-order valence-corrected chi connectivity index (χ4v) is 4.97. The number of nitrogens with one attached hydrogen (secondary N) is 1. The second-order valence-corrected chi connectivity index (χ2v) is 10.1. The monoisotopic (exact) mass is 558 g/mol. The number of amides is 1. The molecule has 2 heterocycles. The minimum atomic E-state index is -0.714. The van der Waals surface area contributed by atoms with Gasteiger partial charge in [0.2, 0.25) is 5.91 Å². The molecule has 2 atom stereocenters. The Morgan fingerprint density at radius 1 is 1.29 bits per heavy atom. The summed E-state index contributed by atoms with van der Waals surface area (Å²) < 4.78 is 27.7. The average molecular weight is 559 g/mol. The fraction of sp³-hybridized carbons (Fsp3) is 0.323. The molecule has 1 aliphatic heterocycles. The second kappa shape index (κ2) is 12.7. The van der Waals surface area contributed by atoms with Gasteiger partial charge in [-0.05, 0) is 73.2 Å². The van der Waals surface area contributed by atoms with Crippen LogP contribution in [0.3, 0.4) is 0 Å². The number of carbonyl (C=O) groups excluding carboxylic acids is 1. The van der Waals surface area contributed by atoms with Crippen molar-refractivity contribution in [1.82, 2.24) is 9.47 Å². The van der Waals surface area contributed by atoms with Crippen LogP contribution in [0.5, 0.6) is 0 Å². The summed E-state index contributed by atoms with van der Waals surface area (Å²) in [6.45, 7) is 3.77. The number of hydrogen-bond acceptors (Lipinski definition) is 6. The van der Waals surface area contributed by atoms with E-state index in [2.05, 4.69) is 15.3 Å². The van der Waals surface area contributed by atoms with Gasteiger partial charge in [-0.1, -0.05) is 6.07 Å². The number of allylic oxidation sites excluding steroid dienone is 1. The highest BCUT2D eigenvalue weighted by molar-refractivity contribution is 5.97. The highest BCUT2D eigenvalue weighted by Gasteiger charge is 2.21. The van der Waals surface area contributed by atoms with E-state index < -0.39 is 12.5 Å². The van der Waals surface area contributed by atoms with E-state index in [0.29, 0.717) is 29.9 Å². The van der Waals surface area contributed by atoms with Crippen molar-refractivity contribution in [2.24, 2.45) is 17.0 Å². The number of benzene rings is 2. The van der Waals surface area contributed by atoms with Crippen molar-refractivity contribution in [1.29, 1.82) is 5.26 Å². The van der Waals surface area contributed by atoms with Gasteiger partial charge in [-0.2, -0.15) is 5.26 Å². The number of carbonyl (C=O) groups is 1. The molecule has 1 aliphatic rings. The number of likely N-dealkylation sites (N-methyl/N-ethyl adjacent to an activating group) is 1. The maximum Gasteiger partial charge on any atom is 0.258 e. The van der Waals surface area contributed by atoms with Gasteiger partial charge in [-0.3, -0.25) is 14.6 Å². The summed E-state index contributed by atoms with van der Waals surface area (Å²) in [6.07, 6.45) is 4.71. The van der Waals surface area contributed by atoms with E-state index in [4.69, 9.17) is 0 Å². The molecule has 2 aromatic carbocycles. The van der Waals surface area contributed by atoms with Gasteiger partial charge in [0.25, 0.3) is 5.56 Å². The lowest BCUT2D eigenvalue weighted by Crippen LogP contribution is -2.30. The van der Waals surface area contributed by atoms with Crippen molar-refractivity contribution in [3.63, 3.8) is 0 Å². The molecule has 0 saturated heterocycles. The first-order valence-electron chi connectivity index (χ1n) is 13.3. The maximum absolute atomic E-state index is 13.7. The molecular formula is C31H32F2N6O2. The zero-order valence-electron chi connectivity index (χ0n) is 23.5. The molecule has 0 spiro atoms. The SMILES string of the molecule is Cc1cc([C@@H](C)Nc2ccc(F)cc2C#N)c2cc(C3C=NC(CN(C)C(=O)/C=C\CF)=NCC3)n(C)c(=O)c2c1. The smallest absolute Gasteiger partial charge is 0.258 e. The Hall–Kier alpha value is -4.65. The zero-order chi connectivity index (χ0) is 29.7. The zero-order valence-corrected chi connectivity index (χ0v) is 23.5. The van der Waals surface area contributed by atoms with Crippen LogP contribution in [0.4, 0.5) is 14.5 Å². The van der Waals surface area contributed by atoms with Crippen molar-refractivity contribution in [3.8, 4) is 6.07 Å². The molecule has 0 aliphatic carbocycles. The van der Waals surface area contributed by atoms with E-state index in [1.54, 1.807) is 24.9 Å². The van der Waals surface area contributed by atoms with Gasteiger partial charge in [0, 0.05) is 56.0 Å². The predicted octanol–water partition coefficient (Wildman–Crippen LogP) is 4.97. The maximum atomic E-state index is 13.7. The van der Waals surface area contributed by atoms with Crippen molar-refractivity contribution >= 4 is 34.4 Å². The Bertz CT molecular complexity index is 1670. The molecular weight excluding hydrogens is 526 g/mol. The number of anilines is 1. The van der Waals surface area contributed by atoms with Crippen LogP contribution in [-0.2, 0) is 11.8 Å². The normalized spacial score (nSPS) is 15.8. The standard InChI is InChI=1S/C31H32F2N6O2/c1-19-12-24(20(2)37-27-8-7-23(33)14-22(27)16-34)25-15-28(39(4)31(41)26(25)13-19)21-9-11-35-29(36-17-21)18-38(3)30(40)6-5-10-32/h5-8,12-15,17,20-21,37H,9-11,18H2,1-4H3/b6-5-/t20-,21?/m1/s1. The summed E-state index contributed by atoms with van der Waals surface area (Å²) in [5.74, 6) is -0.556. The van der Waals surface area contributed by atoms with E-state index in [-0.39, 0.29) is 35.5 Å². The van der Waals surface area contributed by atoms with Crippen LogP contribution in [0.1, 0.15) is 47.7 Å². The number of amidine groups is 1. The van der Waals surface area contributed by atoms with E-state index in [1.807, 2.05) is 38.1 Å². The van der Waals surface area contributed by atoms with Gasteiger partial charge in [0.15, 0.2) is 0 Å². The van der Waals surface area contributed by atoms with Crippen LogP contribution in [0, 0.1) is 24.1 Å². The lowest BCUT2D eigenvalue weighted by atomic mass is 9.93. The number of alkyl halides is 1. The molecule has 0 radical (unpaired) electrons. The quantitative estimate of drug-likeness (QED) is 0.394. The number of aryl methyl sites for hydroxylation is 1. The average Bonchev–Trinajstić information content (AvgIpc) is 3.19. The molecule has 4 rings (SSSR count). The van der Waals surface area contributed by atoms with Crippen molar-refractivity contribution in [2.75, 3.05) is 32.1 Å². The van der Waals surface area contributed by atoms with Gasteiger partial charge >= 0.3 is 0 Å². The molecule has 0 saturated carbocycles. The molecule has 10 heteroatoms. The number of fused-ring (bicyclic) bond motifs is 1. The lowest BCUT2D eigenvalue weighted by molar-refractivity contribution is -0.124. The van der Waals surface area contributed by atoms with Crippen molar-refractivity contribution < 1.29 is 13.6 Å². The summed E-state index contributed by atoms with van der Waals surface area (Å²) in [7, 11) is 3.34. The van der Waals surface area contributed by atoms with Gasteiger partial charge < -0.3 is 14.8 Å². The van der Waals surface area contributed by atoms with Crippen LogP contribution >= 0.6 is 0 Å². The number of aliphatic imine (C=N–C) groups is 2. The number of pyridine rings is 1. The van der Waals surface area contributed by atoms with E-state index in [0.717, 1.165) is 28.3 Å². The molecule has 0 bridgehead atoms. The van der Waals surface area contributed by atoms with E-state index in [9.17, 15) is 23.6 Å². The first-order chi connectivity index (χ1) is 19.6. The van der Waals surface area contributed by atoms with E-state index in [1.165, 1.54) is 29.2 Å². The van der Waals surface area contributed by atoms with Crippen LogP contribution < -0.4 is 10.9 Å². The molecule has 212 valence electrons. The number of nitrogens with zero attached hydrogens (tertiary/aromatic N) is 5. The van der Waals surface area contributed by atoms with Gasteiger partial charge in [0.1, 0.15) is 24.4 Å². The number of halogens is 2. The first kappa shape index (κ1) is 29.3. The molecule has 8 nitrogen and oxygen atoms in total. The molecule has 1 unspecified atom stereocenters. The molecule has 1 amide bonds. The second-order valence-electron chi connectivity index (χ2n) is 10.1. The van der Waals surface area contributed by atoms with Crippen LogP contribution in [0.15, 0.2) is 63.3 Å². The van der Waals surface area contributed by atoms with Crippen molar-refractivity contribution in [3.05, 3.63) is 87.1 Å². The highest BCUT2D eigenvalue weighted by atomic mass is 19.1. The Balaban J connectivity index is 1.68. The van der Waals surface area contributed by atoms with Crippen LogP contribution in [0.25, 0.3) is 10.8 Å². The minimum absolute atomic E-state index is 0.141. The largest absolute Gasteiger partial charge is 0.377 e. The van der Waals surface area contributed by atoms with Crippen molar-refractivity contribution in [2.45, 2.75) is 32.2 Å². The van der Waals surface area contributed by atoms with Crippen LogP contribution in [-0.4, -0.2) is 54.2 Å². The summed E-state index contributed by atoms with van der Waals surface area (Å²) in [6, 6.07) is 11.6.